The zero-order valence-corrected chi connectivity index (χ0v) is 35.3. The Balaban J connectivity index is 0.000000117. The Kier molecular flexibility index (Phi) is 10.8. The van der Waals surface area contributed by atoms with Crippen LogP contribution in [0, 0.1) is 0 Å². The average Bonchev–Trinajstić information content (AvgIpc) is 3.53. The molecule has 17 heteroatoms. The molecule has 7 aliphatic heterocycles. The molecule has 0 spiro atoms. The number of benzene rings is 6. The van der Waals surface area contributed by atoms with E-state index in [0.717, 1.165) is 76.2 Å². The van der Waals surface area contributed by atoms with E-state index in [0.29, 0.717) is 33.9 Å². The molecule has 63 heavy (non-hydrogen) atoms. The van der Waals surface area contributed by atoms with Crippen LogP contribution in [0.2, 0.25) is 0 Å². The van der Waals surface area contributed by atoms with Crippen LogP contribution in [0.1, 0.15) is 32.1 Å². The van der Waals surface area contributed by atoms with E-state index in [4.69, 9.17) is 27.9 Å². The Morgan fingerprint density at radius 1 is 0.571 bits per heavy atom. The van der Waals surface area contributed by atoms with Crippen LogP contribution in [-0.2, 0) is 10.1 Å². The van der Waals surface area contributed by atoms with Gasteiger partial charge in [-0.25, -0.2) is 0 Å². The molecule has 1 saturated heterocycles. The third-order valence-electron chi connectivity index (χ3n) is 11.8. The molecule has 0 bridgehead atoms. The van der Waals surface area contributed by atoms with E-state index in [2.05, 4.69) is 25.4 Å². The largest absolute Gasteiger partial charge is 0.508 e. The Bertz CT molecular complexity index is 2690. The third kappa shape index (κ3) is 7.56. The third-order valence-corrected chi connectivity index (χ3v) is 12.3. The lowest BCUT2D eigenvalue weighted by Gasteiger charge is -2.37. The molecular formula is C46H38B5N2O9S. The number of fused-ring (bicyclic) bond motifs is 5. The second-order valence-electron chi connectivity index (χ2n) is 15.8. The topological polar surface area (TPSA) is 125 Å². The molecule has 0 saturated carbocycles. The number of hydrogen-bond acceptors (Lipinski definition) is 11. The number of aromatic hydroxyl groups is 1. The number of phenolic OH excluding ortho intramolecular Hbond substituents is 1. The maximum atomic E-state index is 11.8. The first-order valence-corrected chi connectivity index (χ1v) is 22.8. The van der Waals surface area contributed by atoms with E-state index < -0.39 is 16.8 Å². The summed E-state index contributed by atoms with van der Waals surface area (Å²) in [6, 6.07) is 33.4. The van der Waals surface area contributed by atoms with Gasteiger partial charge in [0.15, 0.2) is 0 Å². The van der Waals surface area contributed by atoms with Crippen molar-refractivity contribution in [2.24, 2.45) is 4.99 Å². The minimum Gasteiger partial charge on any atom is -0.508 e. The number of hydrogen-bond donors (Lipinski definition) is 1. The fourth-order valence-corrected chi connectivity index (χ4v) is 9.86. The molecule has 1 fully saturated rings. The van der Waals surface area contributed by atoms with Crippen LogP contribution in [-0.4, -0.2) is 86.1 Å². The quantitative estimate of drug-likeness (QED) is 0.197. The maximum absolute atomic E-state index is 11.8. The molecular weight excluding hydrogens is 811 g/mol. The molecule has 11 nitrogen and oxygen atoms in total. The molecule has 0 unspecified atom stereocenters. The molecule has 6 aromatic carbocycles. The first kappa shape index (κ1) is 40.7. The van der Waals surface area contributed by atoms with Crippen molar-refractivity contribution in [3.05, 3.63) is 109 Å². The Hall–Kier alpha value is -6.34. The highest BCUT2D eigenvalue weighted by Gasteiger charge is 2.46. The molecule has 5 radical (unpaired) electrons. The molecule has 307 valence electrons. The minimum atomic E-state index is -3.75. The summed E-state index contributed by atoms with van der Waals surface area (Å²) in [5.74, 6) is 9.00. The van der Waals surface area contributed by atoms with Gasteiger partial charge in [-0.2, -0.15) is 8.42 Å². The molecule has 0 amide bonds. The van der Waals surface area contributed by atoms with Crippen LogP contribution in [0.5, 0.6) is 69.0 Å². The highest BCUT2D eigenvalue weighted by molar-refractivity contribution is 7.86. The fraction of sp³-hybridized carbons (Fsp3) is 0.196. The van der Waals surface area contributed by atoms with Crippen LogP contribution in [0.15, 0.2) is 114 Å². The molecule has 13 rings (SSSR count). The minimum absolute atomic E-state index is 0.0555. The Morgan fingerprint density at radius 3 is 1.41 bits per heavy atom. The van der Waals surface area contributed by atoms with E-state index in [1.165, 1.54) is 51.0 Å². The first-order chi connectivity index (χ1) is 30.7. The Labute approximate surface area is 370 Å². The lowest BCUT2D eigenvalue weighted by Crippen LogP contribution is -2.59. The predicted molar refractivity (Wildman–Crippen MR) is 250 cm³/mol. The van der Waals surface area contributed by atoms with Crippen molar-refractivity contribution in [1.29, 1.82) is 0 Å². The number of phenols is 1. The first-order valence-electron chi connectivity index (χ1n) is 21.0. The normalized spacial score (nSPS) is 15.5. The lowest BCUT2D eigenvalue weighted by molar-refractivity contribution is 0.391. The van der Waals surface area contributed by atoms with E-state index >= 15 is 0 Å². The van der Waals surface area contributed by atoms with E-state index in [1.54, 1.807) is 36.4 Å². The smallest absolute Gasteiger partial charge is 0.306 e. The molecule has 0 aliphatic carbocycles. The van der Waals surface area contributed by atoms with E-state index in [1.807, 2.05) is 72.8 Å². The SMILES string of the molecule is C1CCC2=NCCCN2CC1.CS(=O)(=O)Oc1cccc2c1B1c3c(O)cccc3Oc3cccc(c31)O2.[B][B][B].c1cc2c3c(c1)Oc1cccc4c1B3c1c(cccc1O4)O2. The number of amidine groups is 1. The summed E-state index contributed by atoms with van der Waals surface area (Å²) in [7, 11) is 6.25. The van der Waals surface area contributed by atoms with Crippen molar-refractivity contribution in [3.63, 3.8) is 0 Å². The molecule has 0 aromatic heterocycles. The van der Waals surface area contributed by atoms with Crippen LogP contribution in [0.25, 0.3) is 0 Å². The number of aliphatic imine (C=N–C) groups is 1. The van der Waals surface area contributed by atoms with Gasteiger partial charge in [-0.1, -0.05) is 42.8 Å². The average molecular weight is 849 g/mol. The summed E-state index contributed by atoms with van der Waals surface area (Å²) in [6.07, 6.45) is 7.62. The van der Waals surface area contributed by atoms with Gasteiger partial charge in [0.25, 0.3) is 13.4 Å². The summed E-state index contributed by atoms with van der Waals surface area (Å²) in [5.41, 5.74) is 5.12. The molecule has 6 aromatic rings. The maximum Gasteiger partial charge on any atom is 0.306 e. The van der Waals surface area contributed by atoms with Gasteiger partial charge in [0, 0.05) is 81.4 Å². The summed E-state index contributed by atoms with van der Waals surface area (Å²) in [6.45, 7) is 3.24. The van der Waals surface area contributed by atoms with Crippen LogP contribution in [0.4, 0.5) is 0 Å². The molecule has 0 atom stereocenters. The van der Waals surface area contributed by atoms with Crippen LogP contribution < -0.4 is 60.6 Å². The van der Waals surface area contributed by atoms with Crippen molar-refractivity contribution in [2.45, 2.75) is 32.1 Å². The number of rotatable bonds is 2. The van der Waals surface area contributed by atoms with Gasteiger partial charge in [-0.15, -0.1) is 0 Å². The zero-order valence-electron chi connectivity index (χ0n) is 34.5. The van der Waals surface area contributed by atoms with Gasteiger partial charge in [0.05, 0.1) is 12.1 Å². The molecule has 7 heterocycles. The van der Waals surface area contributed by atoms with Gasteiger partial charge in [0.1, 0.15) is 69.0 Å². The van der Waals surface area contributed by atoms with Gasteiger partial charge >= 0.3 is 10.1 Å². The summed E-state index contributed by atoms with van der Waals surface area (Å²) in [5, 5.41) is 10.6. The second-order valence-corrected chi connectivity index (χ2v) is 17.4. The highest BCUT2D eigenvalue weighted by Crippen LogP contribution is 2.41. The van der Waals surface area contributed by atoms with Crippen molar-refractivity contribution < 1.29 is 41.4 Å². The highest BCUT2D eigenvalue weighted by atomic mass is 32.2. The summed E-state index contributed by atoms with van der Waals surface area (Å²) in [4.78, 5) is 7.04. The molecule has 7 aliphatic rings. The summed E-state index contributed by atoms with van der Waals surface area (Å²) >= 11 is 0. The summed E-state index contributed by atoms with van der Waals surface area (Å²) < 4.78 is 59.0. The van der Waals surface area contributed by atoms with E-state index in [-0.39, 0.29) is 18.2 Å². The van der Waals surface area contributed by atoms with Crippen molar-refractivity contribution in [1.82, 2.24) is 4.90 Å². The predicted octanol–water partition coefficient (Wildman–Crippen LogP) is 4.50. The Morgan fingerprint density at radius 2 is 0.952 bits per heavy atom. The second kappa shape index (κ2) is 16.7. The number of ether oxygens (including phenoxy) is 5. The van der Waals surface area contributed by atoms with Gasteiger partial charge < -0.3 is 37.9 Å². The van der Waals surface area contributed by atoms with Gasteiger partial charge in [0.2, 0.25) is 0 Å². The van der Waals surface area contributed by atoms with Crippen molar-refractivity contribution in [3.8, 4) is 69.0 Å². The molecule has 1 N–H and O–H groups in total. The lowest BCUT2D eigenvalue weighted by atomic mass is 9.34. The zero-order chi connectivity index (χ0) is 43.2. The van der Waals surface area contributed by atoms with Crippen LogP contribution >= 0.6 is 0 Å². The number of nitrogens with zero attached hydrogens (tertiary/aromatic N) is 2. The van der Waals surface area contributed by atoms with Crippen LogP contribution in [0.3, 0.4) is 0 Å². The fourth-order valence-electron chi connectivity index (χ4n) is 9.39. The van der Waals surface area contributed by atoms with Crippen molar-refractivity contribution in [2.75, 3.05) is 25.9 Å². The monoisotopic (exact) mass is 849 g/mol. The van der Waals surface area contributed by atoms with Gasteiger partial charge in [-0.05, 0) is 92.1 Å². The van der Waals surface area contributed by atoms with Gasteiger partial charge in [-0.3, -0.25) is 4.99 Å². The van der Waals surface area contributed by atoms with Crippen molar-refractivity contribution >= 4 is 84.7 Å². The van der Waals surface area contributed by atoms with E-state index in [9.17, 15) is 13.5 Å². The standard InChI is InChI=1S/C19H13BO6S.C18H9BO3.C9H16N2.B3/c1-27(22,23)26-16-10-4-9-15-19(16)20-17-11(21)5-2-6-12(17)24-13-7-3-8-14(25-15)18(13)20;1-4-10-16-11(5-1)21-13-7-3-9-15-18(13)19(16)17-12(20-10)6-2-8-14(17)22-15;1-2-5-9-10-6-4-8-11(9)7-3-1;1-3-2/h2-10,21H,1H3;1-9H;1-8H2;.